The highest BCUT2D eigenvalue weighted by molar-refractivity contribution is 9.10. The number of ether oxygens (including phenoxy) is 2. The number of allylic oxidation sites excluding steroid dienone is 1. The van der Waals surface area contributed by atoms with Gasteiger partial charge in [-0.25, -0.2) is 0 Å². The van der Waals surface area contributed by atoms with Crippen LogP contribution in [0.5, 0.6) is 11.5 Å². The number of hydrogen-bond donors (Lipinski definition) is 0. The average Bonchev–Trinajstić information content (AvgIpc) is 3.04. The molecule has 2 aromatic carbocycles. The Morgan fingerprint density at radius 2 is 1.97 bits per heavy atom. The van der Waals surface area contributed by atoms with Gasteiger partial charge in [-0.15, -0.1) is 0 Å². The molecule has 0 aromatic heterocycles. The quantitative estimate of drug-likeness (QED) is 0.533. The van der Waals surface area contributed by atoms with E-state index >= 15 is 0 Å². The topological polar surface area (TPSA) is 38.8 Å². The molecule has 0 radical (unpaired) electrons. The molecule has 2 aromatic rings. The zero-order valence-corrected chi connectivity index (χ0v) is 18.1. The summed E-state index contributed by atoms with van der Waals surface area (Å²) in [6.45, 7) is 3.45. The molecule has 1 saturated carbocycles. The van der Waals surface area contributed by atoms with Gasteiger partial charge in [0.1, 0.15) is 18.2 Å². The van der Waals surface area contributed by atoms with Gasteiger partial charge in [-0.05, 0) is 49.6 Å². The monoisotopic (exact) mass is 453 g/mol. The number of halogens is 1. The number of carbonyl (C=O) groups excluding carboxylic acids is 1. The van der Waals surface area contributed by atoms with E-state index in [4.69, 9.17) is 9.47 Å². The summed E-state index contributed by atoms with van der Waals surface area (Å²) in [4.78, 5) is 15.5. The van der Waals surface area contributed by atoms with Crippen LogP contribution >= 0.6 is 15.9 Å². The fourth-order valence-electron chi connectivity index (χ4n) is 4.69. The minimum Gasteiger partial charge on any atom is -0.477 e. The summed E-state index contributed by atoms with van der Waals surface area (Å²) in [5.41, 5.74) is 3.60. The van der Waals surface area contributed by atoms with Crippen LogP contribution in [-0.2, 0) is 6.54 Å². The Morgan fingerprint density at radius 3 is 2.76 bits per heavy atom. The lowest BCUT2D eigenvalue weighted by molar-refractivity contribution is 0.0397. The highest BCUT2D eigenvalue weighted by atomic mass is 79.9. The van der Waals surface area contributed by atoms with E-state index in [2.05, 4.69) is 20.8 Å². The van der Waals surface area contributed by atoms with Crippen LogP contribution in [0, 0.1) is 6.92 Å². The molecular weight excluding hydrogens is 430 g/mol. The fourth-order valence-corrected chi connectivity index (χ4v) is 5.11. The second-order valence-corrected chi connectivity index (χ2v) is 9.09. The SMILES string of the molecule is Cc1c2c(cc3c1O/C(=C\c1cccc(Br)c1)C3=O)CN(C1CCCCC1)CO2. The average molecular weight is 454 g/mol. The van der Waals surface area contributed by atoms with Gasteiger partial charge in [-0.3, -0.25) is 9.69 Å². The largest absolute Gasteiger partial charge is 0.477 e. The lowest BCUT2D eigenvalue weighted by atomic mass is 9.93. The van der Waals surface area contributed by atoms with Crippen molar-refractivity contribution >= 4 is 27.8 Å². The van der Waals surface area contributed by atoms with Crippen molar-refractivity contribution in [1.29, 1.82) is 0 Å². The van der Waals surface area contributed by atoms with E-state index in [0.717, 1.165) is 33.5 Å². The number of nitrogens with zero attached hydrogens (tertiary/aromatic N) is 1. The molecule has 0 unspecified atom stereocenters. The molecule has 0 saturated heterocycles. The second kappa shape index (κ2) is 7.62. The maximum atomic E-state index is 13.0. The molecular formula is C24H24BrNO3. The van der Waals surface area contributed by atoms with Gasteiger partial charge >= 0.3 is 0 Å². The Hall–Kier alpha value is -2.11. The van der Waals surface area contributed by atoms with E-state index in [0.29, 0.717) is 29.8 Å². The number of ketones is 1. The predicted octanol–water partition coefficient (Wildman–Crippen LogP) is 5.86. The van der Waals surface area contributed by atoms with Crippen molar-refractivity contribution in [3.63, 3.8) is 0 Å². The Labute approximate surface area is 179 Å². The van der Waals surface area contributed by atoms with Crippen LogP contribution in [0.1, 0.15) is 59.2 Å². The molecule has 1 fully saturated rings. The van der Waals surface area contributed by atoms with E-state index in [1.165, 1.54) is 32.1 Å². The van der Waals surface area contributed by atoms with E-state index in [1.807, 2.05) is 37.3 Å². The van der Waals surface area contributed by atoms with E-state index < -0.39 is 0 Å². The van der Waals surface area contributed by atoms with Gasteiger partial charge < -0.3 is 9.47 Å². The van der Waals surface area contributed by atoms with Gasteiger partial charge in [0.15, 0.2) is 5.76 Å². The fraction of sp³-hybridized carbons (Fsp3) is 0.375. The molecule has 2 aliphatic heterocycles. The van der Waals surface area contributed by atoms with Crippen molar-refractivity contribution in [3.8, 4) is 11.5 Å². The van der Waals surface area contributed by atoms with Gasteiger partial charge in [-0.2, -0.15) is 0 Å². The molecule has 29 heavy (non-hydrogen) atoms. The molecule has 0 N–H and O–H groups in total. The van der Waals surface area contributed by atoms with Crippen molar-refractivity contribution < 1.29 is 14.3 Å². The number of hydrogen-bond acceptors (Lipinski definition) is 4. The van der Waals surface area contributed by atoms with Crippen molar-refractivity contribution in [2.45, 2.75) is 51.6 Å². The summed E-state index contributed by atoms with van der Waals surface area (Å²) in [6.07, 6.45) is 8.23. The van der Waals surface area contributed by atoms with Gasteiger partial charge in [-0.1, -0.05) is 47.3 Å². The summed E-state index contributed by atoms with van der Waals surface area (Å²) in [5, 5.41) is 0. The zero-order valence-electron chi connectivity index (χ0n) is 16.5. The van der Waals surface area contributed by atoms with Crippen LogP contribution in [0.25, 0.3) is 6.08 Å². The van der Waals surface area contributed by atoms with E-state index in [9.17, 15) is 4.79 Å². The molecule has 5 heteroatoms. The smallest absolute Gasteiger partial charge is 0.231 e. The number of rotatable bonds is 2. The maximum absolute atomic E-state index is 13.0. The van der Waals surface area contributed by atoms with Gasteiger partial charge in [0.05, 0.1) is 5.56 Å². The molecule has 4 nitrogen and oxygen atoms in total. The van der Waals surface area contributed by atoms with Crippen molar-refractivity contribution in [2.24, 2.45) is 0 Å². The Kier molecular flexibility index (Phi) is 4.96. The zero-order chi connectivity index (χ0) is 20.0. The van der Waals surface area contributed by atoms with Crippen LogP contribution in [-0.4, -0.2) is 23.5 Å². The van der Waals surface area contributed by atoms with E-state index in [1.54, 1.807) is 6.08 Å². The standard InChI is InChI=1S/C24H24BrNO3/c1-15-23-17(13-26(14-28-23)19-8-3-2-4-9-19)12-20-22(27)21(29-24(15)20)11-16-6-5-7-18(25)10-16/h5-7,10-12,19H,2-4,8-9,13-14H2,1H3/b21-11-. The van der Waals surface area contributed by atoms with Gasteiger partial charge in [0.25, 0.3) is 0 Å². The second-order valence-electron chi connectivity index (χ2n) is 8.17. The highest BCUT2D eigenvalue weighted by Crippen LogP contribution is 2.43. The minimum absolute atomic E-state index is 0.0549. The van der Waals surface area contributed by atoms with Crippen LogP contribution < -0.4 is 9.47 Å². The number of carbonyl (C=O) groups is 1. The van der Waals surface area contributed by atoms with Crippen LogP contribution in [0.15, 0.2) is 40.6 Å². The van der Waals surface area contributed by atoms with Crippen molar-refractivity contribution in [3.05, 3.63) is 62.8 Å². The first kappa shape index (κ1) is 18.9. The molecule has 0 amide bonds. The molecule has 150 valence electrons. The summed E-state index contributed by atoms with van der Waals surface area (Å²) in [7, 11) is 0. The predicted molar refractivity (Wildman–Crippen MR) is 116 cm³/mol. The summed E-state index contributed by atoms with van der Waals surface area (Å²) < 4.78 is 13.1. The first-order valence-electron chi connectivity index (χ1n) is 10.3. The van der Waals surface area contributed by atoms with Gasteiger partial charge in [0, 0.05) is 28.2 Å². The summed E-state index contributed by atoms with van der Waals surface area (Å²) in [5.74, 6) is 1.83. The van der Waals surface area contributed by atoms with Crippen LogP contribution in [0.2, 0.25) is 0 Å². The minimum atomic E-state index is -0.0549. The third kappa shape index (κ3) is 3.51. The number of Topliss-reactive ketones (excluding diaryl/α,β-unsaturated/α-hetero) is 1. The molecule has 0 atom stereocenters. The normalized spacial score (nSPS) is 20.9. The summed E-state index contributed by atoms with van der Waals surface area (Å²) in [6, 6.07) is 10.4. The maximum Gasteiger partial charge on any atom is 0.231 e. The van der Waals surface area contributed by atoms with Crippen molar-refractivity contribution in [1.82, 2.24) is 4.90 Å². The summed E-state index contributed by atoms with van der Waals surface area (Å²) >= 11 is 3.47. The number of fused-ring (bicyclic) bond motifs is 2. The number of benzene rings is 2. The third-order valence-corrected chi connectivity index (χ3v) is 6.70. The van der Waals surface area contributed by atoms with Crippen molar-refractivity contribution in [2.75, 3.05) is 6.73 Å². The van der Waals surface area contributed by atoms with E-state index in [-0.39, 0.29) is 5.78 Å². The molecule has 1 aliphatic carbocycles. The first-order valence-corrected chi connectivity index (χ1v) is 11.1. The third-order valence-electron chi connectivity index (χ3n) is 6.20. The van der Waals surface area contributed by atoms with Crippen LogP contribution in [0.4, 0.5) is 0 Å². The Morgan fingerprint density at radius 1 is 1.14 bits per heavy atom. The molecule has 0 spiro atoms. The lowest BCUT2D eigenvalue weighted by Crippen LogP contribution is -2.41. The first-order chi connectivity index (χ1) is 14.1. The Bertz CT molecular complexity index is 1010. The lowest BCUT2D eigenvalue weighted by Gasteiger charge is -2.37. The Balaban J connectivity index is 1.45. The highest BCUT2D eigenvalue weighted by Gasteiger charge is 2.34. The molecule has 2 heterocycles. The van der Waals surface area contributed by atoms with Crippen LogP contribution in [0.3, 0.4) is 0 Å². The van der Waals surface area contributed by atoms with Gasteiger partial charge in [0.2, 0.25) is 5.78 Å². The molecule has 0 bridgehead atoms. The molecule has 5 rings (SSSR count). The molecule has 3 aliphatic rings.